The average Bonchev–Trinajstić information content (AvgIpc) is 2.88. The third kappa shape index (κ3) is 3.79. The second-order valence-electron chi connectivity index (χ2n) is 5.14. The van der Waals surface area contributed by atoms with Gasteiger partial charge in [0.15, 0.2) is 0 Å². The highest BCUT2D eigenvalue weighted by Crippen LogP contribution is 2.64. The van der Waals surface area contributed by atoms with Crippen LogP contribution in [0.5, 0.6) is 0 Å². The van der Waals surface area contributed by atoms with Crippen molar-refractivity contribution in [3.05, 3.63) is 47.2 Å². The molecule has 0 bridgehead atoms. The Morgan fingerprint density at radius 1 is 1.27 bits per heavy atom. The number of ether oxygens (including phenoxy) is 1. The molecule has 122 valence electrons. The molecule has 1 N–H and O–H groups in total. The summed E-state index contributed by atoms with van der Waals surface area (Å²) in [5.74, 6) is 0.446. The van der Waals surface area contributed by atoms with E-state index < -0.39 is 19.4 Å². The quantitative estimate of drug-likeness (QED) is 0.776. The molecular formula is C16H23O5P. The molecule has 1 aromatic carbocycles. The summed E-state index contributed by atoms with van der Waals surface area (Å²) in [6.45, 7) is 6.24. The first-order chi connectivity index (χ1) is 10.5. The largest absolute Gasteiger partial charge is 0.494 e. The highest BCUT2D eigenvalue weighted by atomic mass is 31.2. The van der Waals surface area contributed by atoms with Crippen LogP contribution < -0.4 is 0 Å². The van der Waals surface area contributed by atoms with Gasteiger partial charge in [0.1, 0.15) is 24.1 Å². The van der Waals surface area contributed by atoms with Crippen molar-refractivity contribution < 1.29 is 23.5 Å². The Morgan fingerprint density at radius 3 is 2.32 bits per heavy atom. The van der Waals surface area contributed by atoms with Crippen LogP contribution in [-0.4, -0.2) is 31.0 Å². The number of aryl methyl sites for hydroxylation is 1. The molecule has 0 saturated carbocycles. The van der Waals surface area contributed by atoms with E-state index in [0.717, 1.165) is 11.1 Å². The first kappa shape index (κ1) is 17.2. The summed E-state index contributed by atoms with van der Waals surface area (Å²) in [5.41, 5.74) is 1.23. The van der Waals surface area contributed by atoms with Gasteiger partial charge in [-0.15, -0.1) is 0 Å². The van der Waals surface area contributed by atoms with Gasteiger partial charge in [0.25, 0.3) is 0 Å². The molecule has 1 aromatic rings. The van der Waals surface area contributed by atoms with E-state index in [-0.39, 0.29) is 19.8 Å². The van der Waals surface area contributed by atoms with Crippen molar-refractivity contribution >= 4 is 7.60 Å². The average molecular weight is 326 g/mol. The van der Waals surface area contributed by atoms with Crippen molar-refractivity contribution in [1.82, 2.24) is 0 Å². The molecule has 22 heavy (non-hydrogen) atoms. The Kier molecular flexibility index (Phi) is 5.81. The minimum atomic E-state index is -3.45. The van der Waals surface area contributed by atoms with Crippen LogP contribution in [0, 0.1) is 6.92 Å². The van der Waals surface area contributed by atoms with E-state index in [1.54, 1.807) is 19.9 Å². The third-order valence-electron chi connectivity index (χ3n) is 3.37. The number of benzene rings is 1. The summed E-state index contributed by atoms with van der Waals surface area (Å²) in [5, 5.41) is 9.69. The van der Waals surface area contributed by atoms with E-state index in [9.17, 15) is 9.67 Å². The molecule has 1 aliphatic heterocycles. The number of hydrogen-bond donors (Lipinski definition) is 1. The van der Waals surface area contributed by atoms with Crippen LogP contribution in [0.15, 0.2) is 36.1 Å². The van der Waals surface area contributed by atoms with Gasteiger partial charge in [0.05, 0.1) is 13.2 Å². The van der Waals surface area contributed by atoms with Gasteiger partial charge in [-0.05, 0) is 32.4 Å². The predicted molar refractivity (Wildman–Crippen MR) is 84.8 cm³/mol. The highest BCUT2D eigenvalue weighted by molar-refractivity contribution is 7.54. The summed E-state index contributed by atoms with van der Waals surface area (Å²) < 4.78 is 29.8. The predicted octanol–water partition coefficient (Wildman–Crippen LogP) is 3.58. The maximum atomic E-state index is 13.2. The maximum Gasteiger partial charge on any atom is 0.345 e. The van der Waals surface area contributed by atoms with Crippen molar-refractivity contribution in [1.29, 1.82) is 0 Å². The van der Waals surface area contributed by atoms with Gasteiger partial charge in [-0.1, -0.05) is 29.8 Å². The Hall–Kier alpha value is -1.13. The molecule has 6 heteroatoms. The smallest absolute Gasteiger partial charge is 0.345 e. The van der Waals surface area contributed by atoms with Gasteiger partial charge in [-0.25, -0.2) is 0 Å². The fourth-order valence-electron chi connectivity index (χ4n) is 2.44. The molecule has 1 unspecified atom stereocenters. The van der Waals surface area contributed by atoms with Gasteiger partial charge >= 0.3 is 7.60 Å². The molecule has 0 spiro atoms. The molecule has 2 rings (SSSR count). The first-order valence-corrected chi connectivity index (χ1v) is 9.09. The van der Waals surface area contributed by atoms with Gasteiger partial charge in [-0.2, -0.15) is 0 Å². The molecule has 2 atom stereocenters. The Bertz CT molecular complexity index is 556. The van der Waals surface area contributed by atoms with E-state index in [1.165, 1.54) is 0 Å². The van der Waals surface area contributed by atoms with Crippen LogP contribution in [0.4, 0.5) is 0 Å². The molecule has 0 aromatic heterocycles. The van der Waals surface area contributed by atoms with E-state index in [1.807, 2.05) is 31.2 Å². The fraction of sp³-hybridized carbons (Fsp3) is 0.500. The van der Waals surface area contributed by atoms with E-state index in [4.69, 9.17) is 13.8 Å². The molecule has 0 fully saturated rings. The lowest BCUT2D eigenvalue weighted by Gasteiger charge is -2.27. The number of aliphatic hydroxyl groups excluding tert-OH is 1. The normalized spacial score (nSPS) is 19.6. The van der Waals surface area contributed by atoms with Crippen molar-refractivity contribution in [3.63, 3.8) is 0 Å². The molecule has 0 radical (unpaired) electrons. The van der Waals surface area contributed by atoms with Crippen LogP contribution in [0.3, 0.4) is 0 Å². The number of rotatable bonds is 7. The lowest BCUT2D eigenvalue weighted by atomic mass is 10.1. The highest BCUT2D eigenvalue weighted by Gasteiger charge is 2.42. The Morgan fingerprint density at radius 2 is 1.86 bits per heavy atom. The van der Waals surface area contributed by atoms with E-state index in [0.29, 0.717) is 5.76 Å². The van der Waals surface area contributed by atoms with Crippen LogP contribution >= 0.6 is 7.60 Å². The summed E-state index contributed by atoms with van der Waals surface area (Å²) >= 11 is 0. The number of aliphatic hydroxyl groups is 1. The minimum Gasteiger partial charge on any atom is -0.494 e. The van der Waals surface area contributed by atoms with Crippen LogP contribution in [0.1, 0.15) is 30.6 Å². The Labute approximate surface area is 131 Å². The minimum absolute atomic E-state index is 0.163. The van der Waals surface area contributed by atoms with E-state index in [2.05, 4.69) is 0 Å². The summed E-state index contributed by atoms with van der Waals surface area (Å²) in [7, 11) is -3.45. The Balaban J connectivity index is 2.46. The van der Waals surface area contributed by atoms with Gasteiger partial charge in [-0.3, -0.25) is 4.57 Å². The summed E-state index contributed by atoms with van der Waals surface area (Å²) in [6.07, 6.45) is 0.884. The van der Waals surface area contributed by atoms with Crippen LogP contribution in [0.2, 0.25) is 0 Å². The lowest BCUT2D eigenvalue weighted by molar-refractivity contribution is 0.129. The van der Waals surface area contributed by atoms with Crippen LogP contribution in [-0.2, 0) is 18.3 Å². The molecule has 5 nitrogen and oxygen atoms in total. The van der Waals surface area contributed by atoms with E-state index >= 15 is 0 Å². The summed E-state index contributed by atoms with van der Waals surface area (Å²) in [6, 6.07) is 7.66. The second kappa shape index (κ2) is 7.42. The standard InChI is InChI=1S/C16H23O5P/c1-4-20-22(18,21-5-2)16(15-10-14(17)11-19-15)13-8-6-12(3)7-9-13/h6-10,14,16-17H,4-5,11H2,1-3H3/t14-,16?/m0/s1. The third-order valence-corrected chi connectivity index (χ3v) is 5.80. The second-order valence-corrected chi connectivity index (χ2v) is 7.25. The molecule has 0 aliphatic carbocycles. The zero-order valence-corrected chi connectivity index (χ0v) is 14.1. The SMILES string of the molecule is CCOP(=O)(OCC)C(C1=C[C@H](O)CO1)c1ccc(C)cc1. The van der Waals surface area contributed by atoms with Gasteiger partial charge < -0.3 is 18.9 Å². The maximum absolute atomic E-state index is 13.2. The number of hydrogen-bond acceptors (Lipinski definition) is 5. The molecule has 1 aliphatic rings. The van der Waals surface area contributed by atoms with Crippen molar-refractivity contribution in [2.45, 2.75) is 32.5 Å². The van der Waals surface area contributed by atoms with Crippen LogP contribution in [0.25, 0.3) is 0 Å². The fourth-order valence-corrected chi connectivity index (χ4v) is 4.54. The zero-order chi connectivity index (χ0) is 16.2. The van der Waals surface area contributed by atoms with Gasteiger partial charge in [0.2, 0.25) is 0 Å². The molecule has 1 heterocycles. The lowest BCUT2D eigenvalue weighted by Crippen LogP contribution is -2.10. The monoisotopic (exact) mass is 326 g/mol. The van der Waals surface area contributed by atoms with Gasteiger partial charge in [0, 0.05) is 0 Å². The summed E-state index contributed by atoms with van der Waals surface area (Å²) in [4.78, 5) is 0. The molecular weight excluding hydrogens is 303 g/mol. The number of allylic oxidation sites excluding steroid dienone is 1. The van der Waals surface area contributed by atoms with Crippen molar-refractivity contribution in [2.75, 3.05) is 19.8 Å². The molecule has 0 saturated heterocycles. The van der Waals surface area contributed by atoms with Crippen molar-refractivity contribution in [3.8, 4) is 0 Å². The molecule has 0 amide bonds. The zero-order valence-electron chi connectivity index (χ0n) is 13.2. The first-order valence-electron chi connectivity index (χ1n) is 7.48. The topological polar surface area (TPSA) is 65.0 Å². The van der Waals surface area contributed by atoms with Crippen molar-refractivity contribution in [2.24, 2.45) is 0 Å².